The molecule has 2 saturated carbocycles. The highest BCUT2D eigenvalue weighted by Gasteiger charge is 2.55. The van der Waals surface area contributed by atoms with E-state index in [-0.39, 0.29) is 37.9 Å². The van der Waals surface area contributed by atoms with E-state index in [1.807, 2.05) is 6.07 Å². The summed E-state index contributed by atoms with van der Waals surface area (Å²) in [6, 6.07) is 4.21. The first-order valence-corrected chi connectivity index (χ1v) is 19.7. The molecule has 4 N–H and O–H groups in total. The van der Waals surface area contributed by atoms with Crippen LogP contribution in [0.5, 0.6) is 0 Å². The van der Waals surface area contributed by atoms with Crippen LogP contribution in [-0.2, 0) is 29.1 Å². The van der Waals surface area contributed by atoms with E-state index in [4.69, 9.17) is 4.74 Å². The van der Waals surface area contributed by atoms with Crippen molar-refractivity contribution in [2.45, 2.75) is 133 Å². The second kappa shape index (κ2) is 15.7. The maximum Gasteiger partial charge on any atom is 0.408 e. The highest BCUT2D eigenvalue weighted by molar-refractivity contribution is 7.91. The number of likely N-dealkylation sites (tertiary alicyclic amines) is 1. The normalized spacial score (nSPS) is 20.2. The lowest BCUT2D eigenvalue weighted by Crippen LogP contribution is -2.57. The summed E-state index contributed by atoms with van der Waals surface area (Å²) in [4.78, 5) is 77.8. The van der Waals surface area contributed by atoms with E-state index in [1.54, 1.807) is 39.0 Å². The number of aromatic nitrogens is 2. The monoisotopic (exact) mass is 741 g/mol. The fourth-order valence-electron chi connectivity index (χ4n) is 6.29. The number of amides is 5. The Balaban J connectivity index is 1.35. The average molecular weight is 742 g/mol. The van der Waals surface area contributed by atoms with Gasteiger partial charge < -0.3 is 25.6 Å². The summed E-state index contributed by atoms with van der Waals surface area (Å²) in [5.74, 6) is -2.04. The first-order valence-electron chi connectivity index (χ1n) is 18.2. The maximum absolute atomic E-state index is 14.3. The number of hydrogen-bond donors (Lipinski definition) is 4. The number of carbonyl (C=O) groups excluding carboxylic acids is 5. The van der Waals surface area contributed by atoms with Crippen LogP contribution in [0.1, 0.15) is 109 Å². The Kier molecular flexibility index (Phi) is 11.8. The van der Waals surface area contributed by atoms with Crippen molar-refractivity contribution >= 4 is 50.8 Å². The number of benzene rings is 1. The maximum atomic E-state index is 14.3. The molecule has 5 amide bonds. The van der Waals surface area contributed by atoms with E-state index in [9.17, 15) is 32.4 Å². The number of fused-ring (bicyclic) bond motifs is 1. The number of nitrogens with zero attached hydrogens (tertiary/aromatic N) is 3. The van der Waals surface area contributed by atoms with Crippen LogP contribution in [0.25, 0.3) is 11.0 Å². The first-order chi connectivity index (χ1) is 24.5. The van der Waals surface area contributed by atoms with E-state index < -0.39 is 74.3 Å². The number of unbranched alkanes of at least 4 members (excludes halogenated alkanes) is 2. The van der Waals surface area contributed by atoms with Gasteiger partial charge in [0.2, 0.25) is 21.8 Å². The van der Waals surface area contributed by atoms with Gasteiger partial charge in [-0.2, -0.15) is 0 Å². The summed E-state index contributed by atoms with van der Waals surface area (Å²) in [6.45, 7) is 9.34. The third kappa shape index (κ3) is 10.2. The molecule has 0 unspecified atom stereocenters. The van der Waals surface area contributed by atoms with Gasteiger partial charge in [-0.3, -0.25) is 28.9 Å². The van der Waals surface area contributed by atoms with Gasteiger partial charge in [-0.05, 0) is 77.3 Å². The molecule has 2 aliphatic carbocycles. The molecule has 1 aromatic carbocycles. The third-order valence-electron chi connectivity index (χ3n) is 9.41. The number of ether oxygens (including phenoxy) is 1. The number of hydrogen-bond acceptors (Lipinski definition) is 10. The second-order valence-corrected chi connectivity index (χ2v) is 17.6. The van der Waals surface area contributed by atoms with Gasteiger partial charge in [0.15, 0.2) is 0 Å². The molecule has 1 aromatic heterocycles. The predicted octanol–water partition coefficient (Wildman–Crippen LogP) is 3.09. The lowest BCUT2D eigenvalue weighted by Gasteiger charge is -2.30. The van der Waals surface area contributed by atoms with E-state index in [1.165, 1.54) is 11.1 Å². The molecule has 15 nitrogen and oxygen atoms in total. The molecule has 5 rings (SSSR count). The Morgan fingerprint density at radius 2 is 1.67 bits per heavy atom. The van der Waals surface area contributed by atoms with Gasteiger partial charge in [0.1, 0.15) is 28.9 Å². The molecule has 2 aromatic rings. The summed E-state index contributed by atoms with van der Waals surface area (Å²) in [5.41, 5.74) is -1.06. The summed E-state index contributed by atoms with van der Waals surface area (Å²) < 4.78 is 32.6. The molecule has 16 heteroatoms. The van der Waals surface area contributed by atoms with E-state index >= 15 is 0 Å². The zero-order valence-corrected chi connectivity index (χ0v) is 31.4. The highest BCUT2D eigenvalue weighted by Crippen LogP contribution is 2.37. The molecule has 3 fully saturated rings. The predicted molar refractivity (Wildman–Crippen MR) is 192 cm³/mol. The topological polar surface area (TPSA) is 206 Å². The minimum absolute atomic E-state index is 0.00403. The molecular weight excluding hydrogens is 691 g/mol. The smallest absolute Gasteiger partial charge is 0.408 e. The quantitative estimate of drug-likeness (QED) is 0.196. The summed E-state index contributed by atoms with van der Waals surface area (Å²) in [5, 5.41) is 7.69. The van der Waals surface area contributed by atoms with Crippen molar-refractivity contribution in [2.75, 3.05) is 6.54 Å². The van der Waals surface area contributed by atoms with Crippen molar-refractivity contribution in [3.63, 3.8) is 0 Å². The number of carbonyl (C=O) groups is 5. The van der Waals surface area contributed by atoms with E-state index in [0.717, 1.165) is 19.3 Å². The fraction of sp³-hybridized carbons (Fsp3) is 0.639. The Hall–Kier alpha value is -4.34. The lowest BCUT2D eigenvalue weighted by atomic mass is 10.0. The summed E-state index contributed by atoms with van der Waals surface area (Å²) in [7, 11) is -3.85. The number of alkyl carbamates (subject to hydrolysis) is 1. The Bertz CT molecular complexity index is 1790. The zero-order valence-electron chi connectivity index (χ0n) is 30.6. The van der Waals surface area contributed by atoms with Crippen LogP contribution < -0.4 is 20.7 Å². The van der Waals surface area contributed by atoms with Crippen molar-refractivity contribution < 1.29 is 37.1 Å². The Labute approximate surface area is 304 Å². The first kappa shape index (κ1) is 38.9. The number of nitrogens with one attached hydrogen (secondary N) is 4. The van der Waals surface area contributed by atoms with Crippen LogP contribution in [0, 0.1) is 5.92 Å². The van der Waals surface area contributed by atoms with Gasteiger partial charge in [0.05, 0.1) is 22.5 Å². The van der Waals surface area contributed by atoms with Gasteiger partial charge in [0, 0.05) is 12.6 Å². The molecule has 3 atom stereocenters. The molecular formula is C36H51N7O8S. The van der Waals surface area contributed by atoms with Gasteiger partial charge in [0.25, 0.3) is 11.8 Å². The largest absolute Gasteiger partial charge is 0.444 e. The zero-order chi connectivity index (χ0) is 37.8. The number of rotatable bonds is 15. The highest BCUT2D eigenvalue weighted by atomic mass is 32.2. The van der Waals surface area contributed by atoms with Gasteiger partial charge in [-0.1, -0.05) is 51.7 Å². The Morgan fingerprint density at radius 1 is 1.00 bits per heavy atom. The second-order valence-electron chi connectivity index (χ2n) is 15.6. The number of sulfonamides is 1. The fourth-order valence-corrected chi connectivity index (χ4v) is 7.66. The lowest BCUT2D eigenvalue weighted by molar-refractivity contribution is -0.141. The third-order valence-corrected chi connectivity index (χ3v) is 11.2. The van der Waals surface area contributed by atoms with E-state index in [2.05, 4.69) is 44.5 Å². The van der Waals surface area contributed by atoms with Crippen LogP contribution in [-0.4, -0.2) is 94.1 Å². The molecule has 0 spiro atoms. The van der Waals surface area contributed by atoms with Crippen molar-refractivity contribution in [3.8, 4) is 0 Å². The molecule has 52 heavy (non-hydrogen) atoms. The molecule has 1 saturated heterocycles. The summed E-state index contributed by atoms with van der Waals surface area (Å²) >= 11 is 0. The Morgan fingerprint density at radius 3 is 2.31 bits per heavy atom. The summed E-state index contributed by atoms with van der Waals surface area (Å²) in [6.07, 6.45) is 5.67. The van der Waals surface area contributed by atoms with Crippen molar-refractivity contribution in [2.24, 2.45) is 5.92 Å². The molecule has 0 radical (unpaired) electrons. The standard InChI is InChI=1S/C36H51N7O8S/c1-22(2)11-7-6-8-14-27(40-34(48)51-35(3,4)5)32(46)43-21-23(38-30(44)28-20-37-25-12-9-10-13-26(25)39-28)19-29(43)31(45)41-36(17-18-36)33(47)42-52(49,50)24-15-16-24/h9-10,12-13,20,22-24,27,29H,6-8,11,14-19,21H2,1-5H3,(H,38,44)(H,40,48)(H,41,45)(H,42,47)/t23-,27+,29+/m1/s1. The molecule has 1 aliphatic heterocycles. The van der Waals surface area contributed by atoms with Gasteiger partial charge >= 0.3 is 6.09 Å². The van der Waals surface area contributed by atoms with Gasteiger partial charge in [-0.15, -0.1) is 0 Å². The van der Waals surface area contributed by atoms with Crippen LogP contribution in [0.3, 0.4) is 0 Å². The van der Waals surface area contributed by atoms with Crippen molar-refractivity contribution in [3.05, 3.63) is 36.2 Å². The molecule has 0 bridgehead atoms. The minimum atomic E-state index is -3.85. The number of para-hydroxylation sites is 2. The molecule has 3 aliphatic rings. The van der Waals surface area contributed by atoms with Crippen molar-refractivity contribution in [1.82, 2.24) is 35.5 Å². The van der Waals surface area contributed by atoms with Gasteiger partial charge in [-0.25, -0.2) is 18.2 Å². The SMILES string of the molecule is CC(C)CCCCC[C@H](NC(=O)OC(C)(C)C)C(=O)N1C[C@H](NC(=O)c2cnc3ccccc3n2)C[C@H]1C(=O)NC1(C(=O)NS(=O)(=O)C2CC2)CC1. The van der Waals surface area contributed by atoms with Crippen LogP contribution in [0.15, 0.2) is 30.5 Å². The minimum Gasteiger partial charge on any atom is -0.444 e. The van der Waals surface area contributed by atoms with Crippen LogP contribution in [0.2, 0.25) is 0 Å². The van der Waals surface area contributed by atoms with Crippen molar-refractivity contribution in [1.29, 1.82) is 0 Å². The average Bonchev–Trinajstić information content (AvgIpc) is 4.00. The van der Waals surface area contributed by atoms with E-state index in [0.29, 0.717) is 36.2 Å². The molecule has 2 heterocycles. The molecule has 284 valence electrons. The van der Waals surface area contributed by atoms with Crippen LogP contribution in [0.4, 0.5) is 4.79 Å². The van der Waals surface area contributed by atoms with Crippen LogP contribution >= 0.6 is 0 Å².